The number of carbonyl (C=O) groups is 1. The first-order valence-corrected chi connectivity index (χ1v) is 30.2. The zero-order valence-corrected chi connectivity index (χ0v) is 45.0. The summed E-state index contributed by atoms with van der Waals surface area (Å²) in [4.78, 5) is 12.5. The van der Waals surface area contributed by atoms with Crippen molar-refractivity contribution >= 4 is 5.91 Å². The lowest BCUT2D eigenvalue weighted by molar-refractivity contribution is -0.123. The van der Waals surface area contributed by atoms with Crippen LogP contribution >= 0.6 is 0 Å². The molecule has 1 amide bonds. The zero-order chi connectivity index (χ0) is 47.7. The molecule has 0 aliphatic rings. The quantitative estimate of drug-likeness (QED) is 0.0420. The van der Waals surface area contributed by atoms with E-state index in [1.165, 1.54) is 283 Å². The van der Waals surface area contributed by atoms with E-state index in [0.29, 0.717) is 6.42 Å². The van der Waals surface area contributed by atoms with Crippen LogP contribution in [0.3, 0.4) is 0 Å². The molecule has 0 saturated carbocycles. The fraction of sp³-hybridized carbons (Fsp3) is 0.887. The number of amides is 1. The van der Waals surface area contributed by atoms with Gasteiger partial charge >= 0.3 is 0 Å². The van der Waals surface area contributed by atoms with Gasteiger partial charge in [0.25, 0.3) is 0 Å². The molecule has 0 aliphatic carbocycles. The average Bonchev–Trinajstić information content (AvgIpc) is 3.32. The van der Waals surface area contributed by atoms with Gasteiger partial charge in [0.15, 0.2) is 0 Å². The fourth-order valence-corrected chi connectivity index (χ4v) is 9.49. The Morgan fingerprint density at radius 1 is 0.348 bits per heavy atom. The molecule has 0 aromatic rings. The molecule has 0 radical (unpaired) electrons. The SMILES string of the molecule is CCCCCCCCCCC/C=C/CC/C=C/C(O)C(CO)NC(=O)CCCCCCCCCCCCCCCCCCC/C=C\CCCCCCCCCCCCCCCCCCCC. The van der Waals surface area contributed by atoms with Crippen LogP contribution in [0.2, 0.25) is 0 Å². The topological polar surface area (TPSA) is 69.6 Å². The lowest BCUT2D eigenvalue weighted by Crippen LogP contribution is -2.45. The number of rotatable bonds is 56. The van der Waals surface area contributed by atoms with Crippen LogP contribution in [0.4, 0.5) is 0 Å². The number of aliphatic hydroxyl groups is 2. The summed E-state index contributed by atoms with van der Waals surface area (Å²) in [6.07, 6.45) is 79.2. The predicted molar refractivity (Wildman–Crippen MR) is 295 cm³/mol. The predicted octanol–water partition coefficient (Wildman–Crippen LogP) is 20.0. The summed E-state index contributed by atoms with van der Waals surface area (Å²) in [5, 5.41) is 23.1. The standard InChI is InChI=1S/C62H119NO3/c1-3-5-7-9-11-13-15-17-19-20-21-22-23-24-25-26-27-28-29-30-31-32-33-34-35-36-37-38-39-40-41-42-44-46-48-50-52-54-56-58-62(66)63-60(59-64)61(65)57-55-53-51-49-47-45-43-18-16-14-12-10-8-6-4-2/h30-31,47,49,55,57,60-61,64-65H,3-29,32-46,48,50-54,56,58-59H2,1-2H3,(H,63,66)/b31-30-,49-47+,57-55+. The summed E-state index contributed by atoms with van der Waals surface area (Å²) in [5.41, 5.74) is 0. The van der Waals surface area contributed by atoms with Gasteiger partial charge in [-0.15, -0.1) is 0 Å². The number of unbranched alkanes of at least 4 members (excludes halogenated alkanes) is 45. The third-order valence-corrected chi connectivity index (χ3v) is 14.1. The van der Waals surface area contributed by atoms with E-state index in [1.807, 2.05) is 6.08 Å². The Kier molecular flexibility index (Phi) is 56.7. The van der Waals surface area contributed by atoms with Crippen molar-refractivity contribution in [2.45, 2.75) is 347 Å². The lowest BCUT2D eigenvalue weighted by Gasteiger charge is -2.19. The molecule has 66 heavy (non-hydrogen) atoms. The lowest BCUT2D eigenvalue weighted by atomic mass is 10.0. The Morgan fingerprint density at radius 2 is 0.591 bits per heavy atom. The summed E-state index contributed by atoms with van der Waals surface area (Å²) < 4.78 is 0. The van der Waals surface area contributed by atoms with Gasteiger partial charge in [0.1, 0.15) is 0 Å². The van der Waals surface area contributed by atoms with Crippen molar-refractivity contribution in [2.24, 2.45) is 0 Å². The van der Waals surface area contributed by atoms with Gasteiger partial charge in [0.05, 0.1) is 18.8 Å². The molecule has 4 nitrogen and oxygen atoms in total. The van der Waals surface area contributed by atoms with Gasteiger partial charge in [-0.3, -0.25) is 4.79 Å². The fourth-order valence-electron chi connectivity index (χ4n) is 9.49. The van der Waals surface area contributed by atoms with Gasteiger partial charge in [0.2, 0.25) is 5.91 Å². The molecule has 2 unspecified atom stereocenters. The Morgan fingerprint density at radius 3 is 0.879 bits per heavy atom. The minimum absolute atomic E-state index is 0.0693. The third kappa shape index (κ3) is 53.6. The molecule has 4 heteroatoms. The maximum absolute atomic E-state index is 12.5. The first-order chi connectivity index (χ1) is 32.7. The number of hydrogen-bond acceptors (Lipinski definition) is 3. The van der Waals surface area contributed by atoms with E-state index in [4.69, 9.17) is 0 Å². The Hall–Kier alpha value is -1.39. The maximum atomic E-state index is 12.5. The van der Waals surface area contributed by atoms with E-state index in [2.05, 4.69) is 43.5 Å². The average molecular weight is 927 g/mol. The first kappa shape index (κ1) is 64.6. The molecule has 0 aromatic carbocycles. The van der Waals surface area contributed by atoms with Crippen molar-refractivity contribution in [3.63, 3.8) is 0 Å². The Balaban J connectivity index is 3.40. The van der Waals surface area contributed by atoms with Crippen molar-refractivity contribution in [1.82, 2.24) is 5.32 Å². The Bertz CT molecular complexity index is 1010. The number of carbonyl (C=O) groups excluding carboxylic acids is 1. The minimum atomic E-state index is -0.860. The molecule has 0 fully saturated rings. The van der Waals surface area contributed by atoms with Crippen LogP contribution in [0.1, 0.15) is 335 Å². The minimum Gasteiger partial charge on any atom is -0.394 e. The summed E-state index contributed by atoms with van der Waals surface area (Å²) >= 11 is 0. The molecule has 0 rings (SSSR count). The summed E-state index contributed by atoms with van der Waals surface area (Å²) in [5.74, 6) is -0.0693. The van der Waals surface area contributed by atoms with Gasteiger partial charge < -0.3 is 15.5 Å². The molecule has 2 atom stereocenters. The van der Waals surface area contributed by atoms with Gasteiger partial charge in [-0.25, -0.2) is 0 Å². The van der Waals surface area contributed by atoms with Crippen molar-refractivity contribution < 1.29 is 15.0 Å². The van der Waals surface area contributed by atoms with Crippen molar-refractivity contribution in [3.8, 4) is 0 Å². The second-order valence-electron chi connectivity index (χ2n) is 20.8. The summed E-state index contributed by atoms with van der Waals surface area (Å²) in [7, 11) is 0. The van der Waals surface area contributed by atoms with Crippen molar-refractivity contribution in [1.29, 1.82) is 0 Å². The molecular weight excluding hydrogens is 807 g/mol. The molecular formula is C62H119NO3. The van der Waals surface area contributed by atoms with E-state index in [-0.39, 0.29) is 12.5 Å². The molecule has 0 heterocycles. The number of hydrogen-bond donors (Lipinski definition) is 3. The largest absolute Gasteiger partial charge is 0.394 e. The van der Waals surface area contributed by atoms with E-state index < -0.39 is 12.1 Å². The molecule has 0 bridgehead atoms. The highest BCUT2D eigenvalue weighted by molar-refractivity contribution is 5.76. The summed E-state index contributed by atoms with van der Waals surface area (Å²) in [6.45, 7) is 4.32. The van der Waals surface area contributed by atoms with Crippen LogP contribution in [-0.2, 0) is 4.79 Å². The van der Waals surface area contributed by atoms with Gasteiger partial charge in [-0.2, -0.15) is 0 Å². The number of allylic oxidation sites excluding steroid dienone is 5. The van der Waals surface area contributed by atoms with E-state index >= 15 is 0 Å². The second-order valence-corrected chi connectivity index (χ2v) is 20.8. The molecule has 390 valence electrons. The highest BCUT2D eigenvalue weighted by atomic mass is 16.3. The zero-order valence-electron chi connectivity index (χ0n) is 45.0. The number of aliphatic hydroxyl groups excluding tert-OH is 2. The number of nitrogens with one attached hydrogen (secondary N) is 1. The molecule has 3 N–H and O–H groups in total. The van der Waals surface area contributed by atoms with E-state index in [0.717, 1.165) is 32.1 Å². The van der Waals surface area contributed by atoms with Crippen molar-refractivity contribution in [3.05, 3.63) is 36.5 Å². The van der Waals surface area contributed by atoms with Crippen LogP contribution in [0.15, 0.2) is 36.5 Å². The first-order valence-electron chi connectivity index (χ1n) is 30.2. The highest BCUT2D eigenvalue weighted by Crippen LogP contribution is 2.17. The molecule has 0 spiro atoms. The maximum Gasteiger partial charge on any atom is 0.220 e. The second kappa shape index (κ2) is 57.9. The normalized spacial score (nSPS) is 13.0. The van der Waals surface area contributed by atoms with E-state index in [1.54, 1.807) is 6.08 Å². The van der Waals surface area contributed by atoms with Gasteiger partial charge in [-0.05, 0) is 57.8 Å². The Labute approximate surface area is 414 Å². The highest BCUT2D eigenvalue weighted by Gasteiger charge is 2.18. The van der Waals surface area contributed by atoms with Crippen molar-refractivity contribution in [2.75, 3.05) is 6.61 Å². The smallest absolute Gasteiger partial charge is 0.220 e. The van der Waals surface area contributed by atoms with Gasteiger partial charge in [0, 0.05) is 6.42 Å². The molecule has 0 aliphatic heterocycles. The monoisotopic (exact) mass is 926 g/mol. The van der Waals surface area contributed by atoms with Crippen LogP contribution in [0, 0.1) is 0 Å². The molecule has 0 saturated heterocycles. The summed E-state index contributed by atoms with van der Waals surface area (Å²) in [6, 6.07) is -0.637. The van der Waals surface area contributed by atoms with Crippen LogP contribution in [0.5, 0.6) is 0 Å². The van der Waals surface area contributed by atoms with Crippen LogP contribution < -0.4 is 5.32 Å². The van der Waals surface area contributed by atoms with Crippen LogP contribution in [-0.4, -0.2) is 34.9 Å². The van der Waals surface area contributed by atoms with E-state index in [9.17, 15) is 15.0 Å². The third-order valence-electron chi connectivity index (χ3n) is 14.1. The molecule has 0 aromatic heterocycles. The van der Waals surface area contributed by atoms with Crippen LogP contribution in [0.25, 0.3) is 0 Å². The van der Waals surface area contributed by atoms with Gasteiger partial charge in [-0.1, -0.05) is 307 Å².